The zero-order chi connectivity index (χ0) is 37.7. The van der Waals surface area contributed by atoms with Crippen molar-refractivity contribution in [1.82, 2.24) is 14.9 Å². The number of hydroxylamine groups is 2. The lowest BCUT2D eigenvalue weighted by atomic mass is 9.73. The first-order valence-corrected chi connectivity index (χ1v) is 20.1. The average molecular weight is 860 g/mol. The molecule has 0 aromatic heterocycles. The molecule has 1 aliphatic carbocycles. The fourth-order valence-corrected chi connectivity index (χ4v) is 11.3. The number of rotatable bonds is 9. The Bertz CT molecular complexity index is 1780. The molecule has 4 atom stereocenters. The van der Waals surface area contributed by atoms with Gasteiger partial charge in [-0.25, -0.2) is 9.69 Å². The number of benzene rings is 2. The van der Waals surface area contributed by atoms with E-state index in [0.717, 1.165) is 31.5 Å². The van der Waals surface area contributed by atoms with Gasteiger partial charge in [0.25, 0.3) is 6.09 Å². The van der Waals surface area contributed by atoms with Gasteiger partial charge in [0.05, 0.1) is 28.5 Å². The number of aldehydes is 1. The maximum absolute atomic E-state index is 14.0. The largest absolute Gasteiger partial charge is 0.506 e. The molecule has 7 rings (SSSR count). The molecule has 3 amide bonds. The number of anilines is 1. The van der Waals surface area contributed by atoms with E-state index in [1.165, 1.54) is 0 Å². The van der Waals surface area contributed by atoms with Crippen LogP contribution in [-0.4, -0.2) is 111 Å². The Hall–Kier alpha value is -3.21. The van der Waals surface area contributed by atoms with Crippen molar-refractivity contribution in [2.45, 2.75) is 82.1 Å². The maximum atomic E-state index is 14.0. The molecule has 3 unspecified atom stereocenters. The average Bonchev–Trinajstić information content (AvgIpc) is 3.70. The summed E-state index contributed by atoms with van der Waals surface area (Å²) in [5.74, 6) is -0.877. The van der Waals surface area contributed by atoms with Crippen molar-refractivity contribution in [1.29, 1.82) is 0 Å². The smallest absolute Gasteiger partial charge is 0.322 e. The van der Waals surface area contributed by atoms with E-state index in [-0.39, 0.29) is 68.9 Å². The van der Waals surface area contributed by atoms with Gasteiger partial charge in [-0.3, -0.25) is 18.9 Å². The molecular weight excluding hydrogens is 814 g/mol. The summed E-state index contributed by atoms with van der Waals surface area (Å²) in [5, 5.41) is 29.4. The van der Waals surface area contributed by atoms with Crippen molar-refractivity contribution in [3.8, 4) is 5.75 Å². The number of carbonyl (C=O) groups is 5. The summed E-state index contributed by atoms with van der Waals surface area (Å²) >= 11 is 6.75. The Balaban J connectivity index is 1.30. The summed E-state index contributed by atoms with van der Waals surface area (Å²) in [4.78, 5) is 77.7. The second kappa shape index (κ2) is 14.8. The molecule has 1 spiro atoms. The third kappa shape index (κ3) is 6.44. The molecule has 0 bridgehead atoms. The lowest BCUT2D eigenvalue weighted by Crippen LogP contribution is -2.82. The number of carbonyl (C=O) groups excluding carboxylic acids is 5. The molecule has 2 N–H and O–H groups in total. The molecule has 4 aliphatic heterocycles. The van der Waals surface area contributed by atoms with Gasteiger partial charge in [-0.15, -0.1) is 0 Å². The van der Waals surface area contributed by atoms with Crippen molar-refractivity contribution >= 4 is 67.5 Å². The van der Waals surface area contributed by atoms with Crippen LogP contribution in [0.5, 0.6) is 5.75 Å². The first-order valence-electron chi connectivity index (χ1n) is 18.5. The molecule has 15 heteroatoms. The zero-order valence-corrected chi connectivity index (χ0v) is 32.9. The van der Waals surface area contributed by atoms with Gasteiger partial charge in [-0.2, -0.15) is 5.06 Å². The number of Topliss-reactive ketones (excluding diaryl/α,β-unsaturated/α-hetero) is 2. The number of nitrogens with one attached hydrogen (secondary N) is 1. The maximum Gasteiger partial charge on any atom is 0.322 e. The highest BCUT2D eigenvalue weighted by atomic mass is 79.9. The quantitative estimate of drug-likeness (QED) is 0.161. The monoisotopic (exact) mass is 857 g/mol. The molecule has 13 nitrogen and oxygen atoms in total. The first-order chi connectivity index (χ1) is 25.4. The fraction of sp³-hybridized carbons (Fsp3) is 0.553. The lowest BCUT2D eigenvalue weighted by molar-refractivity contribution is -0.957. The van der Waals surface area contributed by atoms with Crippen LogP contribution in [0, 0.1) is 11.8 Å². The molecule has 3 saturated heterocycles. The van der Waals surface area contributed by atoms with Crippen LogP contribution in [0.3, 0.4) is 0 Å². The topological polar surface area (TPSA) is 160 Å². The third-order valence-electron chi connectivity index (χ3n) is 12.7. The Labute approximate surface area is 325 Å². The number of urea groups is 1. The highest BCUT2D eigenvalue weighted by molar-refractivity contribution is 9.11. The van der Waals surface area contributed by atoms with Crippen molar-refractivity contribution in [3.63, 3.8) is 0 Å². The van der Waals surface area contributed by atoms with Gasteiger partial charge in [0, 0.05) is 56.3 Å². The number of carboxylic acid groups (broad SMARTS) is 1. The normalized spacial score (nSPS) is 29.4. The number of ketones is 2. The van der Waals surface area contributed by atoms with E-state index >= 15 is 0 Å². The molecule has 1 saturated carbocycles. The fourth-order valence-electron chi connectivity index (χ4n) is 10.0. The van der Waals surface area contributed by atoms with Crippen molar-refractivity contribution < 1.29 is 43.5 Å². The summed E-state index contributed by atoms with van der Waals surface area (Å²) in [6.45, 7) is 4.40. The third-order valence-corrected chi connectivity index (χ3v) is 13.9. The van der Waals surface area contributed by atoms with Crippen LogP contribution in [0.4, 0.5) is 15.3 Å². The molecular formula is C38H45Br2N5O8. The molecule has 2 aromatic rings. The van der Waals surface area contributed by atoms with Crippen LogP contribution < -0.4 is 10.4 Å². The summed E-state index contributed by atoms with van der Waals surface area (Å²) in [6.07, 6.45) is 2.32. The van der Waals surface area contributed by atoms with Crippen LogP contribution in [0.2, 0.25) is 0 Å². The van der Waals surface area contributed by atoms with E-state index in [4.69, 9.17) is 4.84 Å². The Morgan fingerprint density at radius 3 is 2.34 bits per heavy atom. The van der Waals surface area contributed by atoms with Gasteiger partial charge in [-0.1, -0.05) is 18.2 Å². The number of quaternary nitrogens is 1. The van der Waals surface area contributed by atoms with Gasteiger partial charge in [-0.05, 0) is 106 Å². The minimum Gasteiger partial charge on any atom is -0.506 e. The van der Waals surface area contributed by atoms with Crippen LogP contribution in [0.25, 0.3) is 0 Å². The second-order valence-corrected chi connectivity index (χ2v) is 16.9. The number of phenols is 1. The number of piperidine rings is 3. The van der Waals surface area contributed by atoms with E-state index in [1.54, 1.807) is 21.9 Å². The van der Waals surface area contributed by atoms with Gasteiger partial charge in [0.15, 0.2) is 11.2 Å². The van der Waals surface area contributed by atoms with Gasteiger partial charge < -0.3 is 30.0 Å². The Morgan fingerprint density at radius 1 is 1.02 bits per heavy atom. The molecule has 284 valence electrons. The van der Waals surface area contributed by atoms with Crippen LogP contribution >= 0.6 is 31.9 Å². The van der Waals surface area contributed by atoms with Crippen LogP contribution in [0.15, 0.2) is 45.3 Å². The number of halogens is 2. The minimum absolute atomic E-state index is 0.0175. The van der Waals surface area contributed by atoms with E-state index in [9.17, 15) is 34.2 Å². The molecule has 5 aliphatic rings. The van der Waals surface area contributed by atoms with E-state index < -0.39 is 39.4 Å². The summed E-state index contributed by atoms with van der Waals surface area (Å²) in [7, 11) is 0. The highest BCUT2D eigenvalue weighted by Gasteiger charge is 2.77. The predicted octanol–water partition coefficient (Wildman–Crippen LogP) is 4.38. The number of nitrogens with zero attached hydrogens (tertiary/aromatic N) is 4. The number of hydrogen-bond donors (Lipinski definition) is 2. The standard InChI is InChI=1S/C38H45Br2N5O8/c1-2-53-42-13-7-25(8-14-42)27-10-16-44(38(21-27)33(48)34(38)49)37(12-18-46)22-28(43-15-9-26-5-3-4-6-31(26)41-35(43)50)11-17-45(37,36(51)52)23-24-19-29(39)32(47)30(40)20-24/h3-6,18-20,25,27-28H,2,7-17,21-23H2,1H3,(H2-,41,47,50,51,52)/t27?,28?,37?,45-/m0/s1. The molecule has 4 heterocycles. The number of para-hydroxylation sites is 1. The van der Waals surface area contributed by atoms with E-state index in [1.807, 2.05) is 36.3 Å². The first kappa shape index (κ1) is 38.1. The summed E-state index contributed by atoms with van der Waals surface area (Å²) in [6, 6.07) is 9.98. The predicted molar refractivity (Wildman–Crippen MR) is 198 cm³/mol. The molecule has 2 aromatic carbocycles. The number of fused-ring (bicyclic) bond motifs is 1. The molecule has 4 fully saturated rings. The van der Waals surface area contributed by atoms with Crippen molar-refractivity contribution in [3.05, 3.63) is 56.5 Å². The number of phenolic OH excluding ortho intramolecular Hbond substituents is 1. The number of aromatic hydroxyl groups is 1. The van der Waals surface area contributed by atoms with Gasteiger partial charge in [0.2, 0.25) is 11.6 Å². The summed E-state index contributed by atoms with van der Waals surface area (Å²) in [5.41, 5.74) is -0.993. The van der Waals surface area contributed by atoms with Crippen LogP contribution in [-0.2, 0) is 32.2 Å². The molecule has 0 radical (unpaired) electrons. The SMILES string of the molecule is CCON1CCC(C2CCN(C3(CC=O)CC(N4CCc5ccccc5NC4=O)CC[N@+]3(Cc3cc(Br)c(O)c(Br)c3)C(=O)[O-])C3(C2)C(=O)C3=O)CC1. The second-order valence-electron chi connectivity index (χ2n) is 15.2. The number of likely N-dealkylation sites (tertiary alicyclic amines) is 2. The lowest BCUT2D eigenvalue weighted by Gasteiger charge is -2.63. The highest BCUT2D eigenvalue weighted by Crippen LogP contribution is 2.56. The van der Waals surface area contributed by atoms with Crippen LogP contribution in [0.1, 0.15) is 63.0 Å². The summed E-state index contributed by atoms with van der Waals surface area (Å²) < 4.78 is -0.0769. The van der Waals surface area contributed by atoms with Crippen molar-refractivity contribution in [2.24, 2.45) is 11.8 Å². The van der Waals surface area contributed by atoms with E-state index in [0.29, 0.717) is 52.5 Å². The number of amides is 3. The van der Waals surface area contributed by atoms with E-state index in [2.05, 4.69) is 37.2 Å². The van der Waals surface area contributed by atoms with Crippen molar-refractivity contribution in [2.75, 3.05) is 44.6 Å². The minimum atomic E-state index is -1.63. The van der Waals surface area contributed by atoms with Gasteiger partial charge in [0.1, 0.15) is 18.6 Å². The Kier molecular flexibility index (Phi) is 10.6. The number of hydrogen-bond acceptors (Lipinski definition) is 10. The van der Waals surface area contributed by atoms with Gasteiger partial charge >= 0.3 is 6.03 Å². The zero-order valence-electron chi connectivity index (χ0n) is 29.7. The Morgan fingerprint density at radius 2 is 1.70 bits per heavy atom. The molecule has 53 heavy (non-hydrogen) atoms.